The minimum absolute atomic E-state index is 0.186. The maximum atomic E-state index is 9.09. The second-order valence-corrected chi connectivity index (χ2v) is 7.66. The molecule has 3 N–H and O–H groups in total. The first kappa shape index (κ1) is 18.6. The molecule has 5 rings (SSSR count). The number of hydrogen-bond acceptors (Lipinski definition) is 6. The van der Waals surface area contributed by atoms with Gasteiger partial charge in [0.05, 0.1) is 0 Å². The lowest BCUT2D eigenvalue weighted by atomic mass is 9.79. The summed E-state index contributed by atoms with van der Waals surface area (Å²) in [6.07, 6.45) is 6.19. The molecule has 0 unspecified atom stereocenters. The van der Waals surface area contributed by atoms with E-state index in [-0.39, 0.29) is 12.6 Å². The summed E-state index contributed by atoms with van der Waals surface area (Å²) in [4.78, 5) is 9.01. The third kappa shape index (κ3) is 3.09. The number of nitrogens with zero attached hydrogens (tertiary/aromatic N) is 2. The van der Waals surface area contributed by atoms with E-state index in [0.29, 0.717) is 6.61 Å². The summed E-state index contributed by atoms with van der Waals surface area (Å²) >= 11 is 0. The Morgan fingerprint density at radius 3 is 2.57 bits per heavy atom. The number of aliphatic hydroxyl groups excluding tert-OH is 1. The number of pyridine rings is 1. The zero-order valence-corrected chi connectivity index (χ0v) is 16.5. The fraction of sp³-hybridized carbons (Fsp3) is 0.250. The van der Waals surface area contributed by atoms with Crippen LogP contribution in [0.15, 0.2) is 65.9 Å². The Kier molecular flexibility index (Phi) is 4.64. The van der Waals surface area contributed by atoms with Gasteiger partial charge in [0.25, 0.3) is 6.02 Å². The maximum absolute atomic E-state index is 9.09. The van der Waals surface area contributed by atoms with Crippen molar-refractivity contribution in [2.45, 2.75) is 24.8 Å². The Hall–Kier alpha value is -3.38. The minimum Gasteiger partial charge on any atom is -0.462 e. The summed E-state index contributed by atoms with van der Waals surface area (Å²) in [5.41, 5.74) is 10.4. The van der Waals surface area contributed by atoms with E-state index in [2.05, 4.69) is 23.2 Å². The number of fused-ring (bicyclic) bond motifs is 4. The standard InChI is InChI=1S/C24H23N3O3/c25-23-27-24(15-29-23)19-12-16(4-1-2-11-28)6-8-21(19)30-22-9-7-17(13-20(22)24)18-5-3-10-26-14-18/h3,5-10,12-14,28H,1-2,4,11,15H2,(H2,25,27)/t24-/m1/s1. The van der Waals surface area contributed by atoms with Crippen molar-refractivity contribution in [2.24, 2.45) is 10.7 Å². The molecule has 1 atom stereocenters. The number of hydrogen-bond donors (Lipinski definition) is 2. The second kappa shape index (κ2) is 7.46. The number of amidine groups is 1. The Morgan fingerprint density at radius 2 is 1.83 bits per heavy atom. The first-order valence-corrected chi connectivity index (χ1v) is 10.1. The van der Waals surface area contributed by atoms with Gasteiger partial charge in [0, 0.05) is 35.7 Å². The van der Waals surface area contributed by atoms with Crippen molar-refractivity contribution in [1.29, 1.82) is 0 Å². The Morgan fingerprint density at radius 1 is 1.00 bits per heavy atom. The zero-order chi connectivity index (χ0) is 20.6. The van der Waals surface area contributed by atoms with Gasteiger partial charge >= 0.3 is 0 Å². The molecule has 0 aliphatic carbocycles. The molecule has 0 fully saturated rings. The summed E-state index contributed by atoms with van der Waals surface area (Å²) in [6, 6.07) is 16.4. The van der Waals surface area contributed by atoms with E-state index >= 15 is 0 Å². The van der Waals surface area contributed by atoms with E-state index in [1.165, 1.54) is 5.56 Å². The molecule has 3 heterocycles. The molecule has 152 valence electrons. The number of nitrogens with two attached hydrogens (primary N) is 1. The summed E-state index contributed by atoms with van der Waals surface area (Å²) in [5, 5.41) is 9.09. The lowest BCUT2D eigenvalue weighted by molar-refractivity contribution is 0.264. The van der Waals surface area contributed by atoms with Crippen LogP contribution in [0, 0.1) is 0 Å². The number of aromatic nitrogens is 1. The van der Waals surface area contributed by atoms with Gasteiger partial charge < -0.3 is 20.3 Å². The number of benzene rings is 2. The number of aliphatic hydroxyl groups is 1. The highest BCUT2D eigenvalue weighted by Gasteiger charge is 2.47. The summed E-state index contributed by atoms with van der Waals surface area (Å²) in [6.45, 7) is 0.538. The lowest BCUT2D eigenvalue weighted by Gasteiger charge is -2.34. The summed E-state index contributed by atoms with van der Waals surface area (Å²) in [5.74, 6) is 1.52. The molecular formula is C24H23N3O3. The first-order chi connectivity index (χ1) is 14.7. The number of rotatable bonds is 5. The molecule has 0 saturated carbocycles. The quantitative estimate of drug-likeness (QED) is 0.636. The van der Waals surface area contributed by atoms with Crippen LogP contribution in [0.1, 0.15) is 29.5 Å². The van der Waals surface area contributed by atoms with Gasteiger partial charge in [0.15, 0.2) is 5.54 Å². The number of aryl methyl sites for hydroxylation is 1. The molecule has 6 heteroatoms. The van der Waals surface area contributed by atoms with E-state index in [4.69, 9.17) is 25.3 Å². The molecule has 0 amide bonds. The highest BCUT2D eigenvalue weighted by atomic mass is 16.5. The van der Waals surface area contributed by atoms with Crippen molar-refractivity contribution in [1.82, 2.24) is 4.98 Å². The minimum atomic E-state index is -0.738. The second-order valence-electron chi connectivity index (χ2n) is 7.66. The van der Waals surface area contributed by atoms with Gasteiger partial charge in [-0.05, 0) is 60.7 Å². The van der Waals surface area contributed by atoms with Crippen LogP contribution in [0.25, 0.3) is 11.1 Å². The van der Waals surface area contributed by atoms with Crippen LogP contribution in [0.2, 0.25) is 0 Å². The normalized spacial score (nSPS) is 18.9. The van der Waals surface area contributed by atoms with Crippen molar-refractivity contribution < 1.29 is 14.6 Å². The average molecular weight is 401 g/mol. The van der Waals surface area contributed by atoms with Crippen molar-refractivity contribution >= 4 is 6.02 Å². The van der Waals surface area contributed by atoms with Crippen LogP contribution in [0.4, 0.5) is 0 Å². The van der Waals surface area contributed by atoms with Gasteiger partial charge in [0.1, 0.15) is 18.1 Å². The Balaban J connectivity index is 1.63. The van der Waals surface area contributed by atoms with Gasteiger partial charge in [-0.15, -0.1) is 0 Å². The zero-order valence-electron chi connectivity index (χ0n) is 16.5. The van der Waals surface area contributed by atoms with Gasteiger partial charge in [-0.3, -0.25) is 4.98 Å². The highest BCUT2D eigenvalue weighted by molar-refractivity contribution is 5.78. The highest BCUT2D eigenvalue weighted by Crippen LogP contribution is 2.51. The van der Waals surface area contributed by atoms with Crippen molar-refractivity contribution in [3.05, 3.63) is 77.6 Å². The monoisotopic (exact) mass is 401 g/mol. The van der Waals surface area contributed by atoms with Crippen molar-refractivity contribution in [2.75, 3.05) is 13.2 Å². The van der Waals surface area contributed by atoms with E-state index in [1.807, 2.05) is 36.5 Å². The van der Waals surface area contributed by atoms with Gasteiger partial charge in [-0.25, -0.2) is 4.99 Å². The van der Waals surface area contributed by atoms with Crippen molar-refractivity contribution in [3.8, 4) is 22.6 Å². The molecule has 2 aliphatic heterocycles. The van der Waals surface area contributed by atoms with Gasteiger partial charge in [0.2, 0.25) is 0 Å². The van der Waals surface area contributed by atoms with E-state index in [1.54, 1.807) is 6.20 Å². The smallest absolute Gasteiger partial charge is 0.283 e. The summed E-state index contributed by atoms with van der Waals surface area (Å²) in [7, 11) is 0. The number of aliphatic imine (C=N–C) groups is 1. The van der Waals surface area contributed by atoms with Crippen LogP contribution >= 0.6 is 0 Å². The fourth-order valence-electron chi connectivity index (χ4n) is 4.21. The van der Waals surface area contributed by atoms with Crippen LogP contribution in [-0.2, 0) is 16.7 Å². The topological polar surface area (TPSA) is 90.0 Å². The van der Waals surface area contributed by atoms with Gasteiger partial charge in [-0.2, -0.15) is 0 Å². The SMILES string of the molecule is NC1=N[C@]2(CO1)c1cc(CCCCO)ccc1Oc1ccc(-c3cccnc3)cc12. The fourth-order valence-corrected chi connectivity index (χ4v) is 4.21. The Labute approximate surface area is 175 Å². The number of ether oxygens (including phenoxy) is 2. The molecule has 0 radical (unpaired) electrons. The van der Waals surface area contributed by atoms with E-state index in [9.17, 15) is 0 Å². The molecule has 1 spiro atoms. The van der Waals surface area contributed by atoms with Gasteiger partial charge in [-0.1, -0.05) is 18.2 Å². The molecule has 2 aliphatic rings. The molecule has 1 aromatic heterocycles. The van der Waals surface area contributed by atoms with E-state index in [0.717, 1.165) is 53.0 Å². The van der Waals surface area contributed by atoms with E-state index < -0.39 is 5.54 Å². The molecule has 0 bridgehead atoms. The molecule has 2 aromatic carbocycles. The summed E-state index contributed by atoms with van der Waals surface area (Å²) < 4.78 is 11.9. The van der Waals surface area contributed by atoms with Crippen molar-refractivity contribution in [3.63, 3.8) is 0 Å². The number of unbranched alkanes of at least 4 members (excludes halogenated alkanes) is 1. The molecular weight excluding hydrogens is 378 g/mol. The molecule has 30 heavy (non-hydrogen) atoms. The first-order valence-electron chi connectivity index (χ1n) is 10.1. The molecule has 3 aromatic rings. The Bertz CT molecular complexity index is 1110. The third-order valence-electron chi connectivity index (χ3n) is 5.73. The lowest BCUT2D eigenvalue weighted by Crippen LogP contribution is -2.31. The molecule has 0 saturated heterocycles. The predicted molar refractivity (Wildman–Crippen MR) is 115 cm³/mol. The average Bonchev–Trinajstić information content (AvgIpc) is 3.17. The van der Waals surface area contributed by atoms with Crippen LogP contribution in [0.3, 0.4) is 0 Å². The third-order valence-corrected chi connectivity index (χ3v) is 5.73. The molecule has 6 nitrogen and oxygen atoms in total. The predicted octanol–water partition coefficient (Wildman–Crippen LogP) is 3.76. The largest absolute Gasteiger partial charge is 0.462 e. The van der Waals surface area contributed by atoms with Crippen LogP contribution < -0.4 is 10.5 Å². The van der Waals surface area contributed by atoms with Crippen LogP contribution in [-0.4, -0.2) is 29.3 Å². The maximum Gasteiger partial charge on any atom is 0.283 e. The van der Waals surface area contributed by atoms with Crippen LogP contribution in [0.5, 0.6) is 11.5 Å².